The molecule has 32 heavy (non-hydrogen) atoms. The van der Waals surface area contributed by atoms with Crippen molar-refractivity contribution in [3.63, 3.8) is 0 Å². The first-order valence-corrected chi connectivity index (χ1v) is 10.3. The lowest BCUT2D eigenvalue weighted by Crippen LogP contribution is -2.29. The molecule has 1 aliphatic heterocycles. The lowest BCUT2D eigenvalue weighted by molar-refractivity contribution is -0.140. The molecule has 4 rings (SSSR count). The van der Waals surface area contributed by atoms with Crippen LogP contribution in [0.25, 0.3) is 5.76 Å². The number of carbonyl (C=O) groups excluding carboxylic acids is 2. The van der Waals surface area contributed by atoms with Crippen LogP contribution < -0.4 is 4.74 Å². The number of ether oxygens (including phenoxy) is 1. The second kappa shape index (κ2) is 8.98. The molecule has 0 radical (unpaired) electrons. The molecule has 9 heteroatoms. The van der Waals surface area contributed by atoms with E-state index in [-0.39, 0.29) is 33.5 Å². The smallest absolute Gasteiger partial charge is 0.296 e. The van der Waals surface area contributed by atoms with Gasteiger partial charge in [0.2, 0.25) is 0 Å². The molecule has 1 aliphatic rings. The molecule has 0 saturated carbocycles. The summed E-state index contributed by atoms with van der Waals surface area (Å²) in [5.41, 5.74) is 1.30. The van der Waals surface area contributed by atoms with Gasteiger partial charge in [-0.05, 0) is 42.0 Å². The molecule has 1 aromatic carbocycles. The highest BCUT2D eigenvalue weighted by Crippen LogP contribution is 2.41. The number of pyridine rings is 2. The Bertz CT molecular complexity index is 1190. The van der Waals surface area contributed by atoms with Gasteiger partial charge in [-0.3, -0.25) is 19.6 Å². The lowest BCUT2D eigenvalue weighted by atomic mass is 9.98. The van der Waals surface area contributed by atoms with Crippen molar-refractivity contribution in [1.82, 2.24) is 14.9 Å². The molecule has 0 bridgehead atoms. The van der Waals surface area contributed by atoms with E-state index in [0.717, 1.165) is 5.56 Å². The number of ketones is 1. The van der Waals surface area contributed by atoms with Gasteiger partial charge in [-0.15, -0.1) is 0 Å². The summed E-state index contributed by atoms with van der Waals surface area (Å²) >= 11 is 12.4. The van der Waals surface area contributed by atoms with E-state index in [2.05, 4.69) is 9.97 Å². The summed E-state index contributed by atoms with van der Waals surface area (Å²) in [7, 11) is 1.42. The summed E-state index contributed by atoms with van der Waals surface area (Å²) in [6.07, 6.45) is 4.76. The van der Waals surface area contributed by atoms with Gasteiger partial charge in [0.15, 0.2) is 5.75 Å². The Morgan fingerprint density at radius 3 is 2.38 bits per heavy atom. The molecular weight excluding hydrogens is 453 g/mol. The van der Waals surface area contributed by atoms with Crippen LogP contribution in [0, 0.1) is 0 Å². The molecule has 162 valence electrons. The van der Waals surface area contributed by atoms with Crippen molar-refractivity contribution in [2.45, 2.75) is 12.6 Å². The van der Waals surface area contributed by atoms with Crippen LogP contribution >= 0.6 is 23.2 Å². The quantitative estimate of drug-likeness (QED) is 0.337. The molecule has 1 fully saturated rings. The van der Waals surface area contributed by atoms with E-state index in [9.17, 15) is 14.7 Å². The minimum atomic E-state index is -0.899. The zero-order chi connectivity index (χ0) is 22.8. The van der Waals surface area contributed by atoms with Gasteiger partial charge in [0, 0.05) is 30.7 Å². The summed E-state index contributed by atoms with van der Waals surface area (Å²) in [5, 5.41) is 11.4. The van der Waals surface area contributed by atoms with Gasteiger partial charge in [0.05, 0.1) is 28.4 Å². The first-order chi connectivity index (χ1) is 15.4. The van der Waals surface area contributed by atoms with Crippen LogP contribution in [0.1, 0.15) is 22.9 Å². The SMILES string of the molecule is COc1c(Cl)cc(/C(O)=C2\C(=O)C(=O)N(Cc3ccncc3)C2c2ccccn2)cc1Cl. The standard InChI is InChI=1S/C23H17Cl2N3O4/c1-32-22-15(24)10-14(11-16(22)25)20(29)18-19(17-4-2-3-7-27-17)28(23(31)21(18)30)12-13-5-8-26-9-6-13/h2-11,19,29H,12H2,1H3/b20-18+. The highest BCUT2D eigenvalue weighted by atomic mass is 35.5. The Balaban J connectivity index is 1.87. The second-order valence-corrected chi connectivity index (χ2v) is 7.82. The molecule has 0 spiro atoms. The molecule has 2 aromatic heterocycles. The van der Waals surface area contributed by atoms with Crippen LogP contribution in [0.4, 0.5) is 0 Å². The fourth-order valence-electron chi connectivity index (χ4n) is 3.62. The summed E-state index contributed by atoms with van der Waals surface area (Å²) in [6, 6.07) is 10.6. The van der Waals surface area contributed by atoms with Gasteiger partial charge in [-0.1, -0.05) is 29.3 Å². The minimum Gasteiger partial charge on any atom is -0.507 e. The number of nitrogens with zero attached hydrogens (tertiary/aromatic N) is 3. The van der Waals surface area contributed by atoms with Crippen molar-refractivity contribution in [3.05, 3.63) is 93.5 Å². The number of likely N-dealkylation sites (tertiary alicyclic amines) is 1. The Kier molecular flexibility index (Phi) is 6.12. The molecule has 1 saturated heterocycles. The molecule has 1 unspecified atom stereocenters. The highest BCUT2D eigenvalue weighted by molar-refractivity contribution is 6.46. The maximum absolute atomic E-state index is 13.1. The first-order valence-electron chi connectivity index (χ1n) is 9.54. The Morgan fingerprint density at radius 2 is 1.78 bits per heavy atom. The number of carbonyl (C=O) groups is 2. The van der Waals surface area contributed by atoms with E-state index in [4.69, 9.17) is 27.9 Å². The molecule has 0 aliphatic carbocycles. The molecular formula is C23H17Cl2N3O4. The van der Waals surface area contributed by atoms with Gasteiger partial charge in [-0.2, -0.15) is 0 Å². The van der Waals surface area contributed by atoms with Gasteiger partial charge < -0.3 is 14.7 Å². The highest BCUT2D eigenvalue weighted by Gasteiger charge is 2.46. The van der Waals surface area contributed by atoms with Crippen LogP contribution in [0.15, 0.2) is 66.6 Å². The van der Waals surface area contributed by atoms with E-state index >= 15 is 0 Å². The normalized spacial score (nSPS) is 17.6. The van der Waals surface area contributed by atoms with Crippen LogP contribution in [0.2, 0.25) is 10.0 Å². The van der Waals surface area contributed by atoms with Gasteiger partial charge >= 0.3 is 0 Å². The predicted octanol–water partition coefficient (Wildman–Crippen LogP) is 4.41. The predicted molar refractivity (Wildman–Crippen MR) is 119 cm³/mol. The van der Waals surface area contributed by atoms with Crippen LogP contribution in [-0.4, -0.2) is 38.8 Å². The number of aromatic nitrogens is 2. The van der Waals surface area contributed by atoms with E-state index < -0.39 is 23.5 Å². The van der Waals surface area contributed by atoms with Crippen molar-refractivity contribution in [3.8, 4) is 5.75 Å². The lowest BCUT2D eigenvalue weighted by Gasteiger charge is -2.24. The summed E-state index contributed by atoms with van der Waals surface area (Å²) in [5.74, 6) is -1.73. The maximum atomic E-state index is 13.1. The molecule has 1 N–H and O–H groups in total. The van der Waals surface area contributed by atoms with E-state index in [1.165, 1.54) is 24.1 Å². The number of hydrogen-bond acceptors (Lipinski definition) is 6. The third kappa shape index (κ3) is 3.92. The minimum absolute atomic E-state index is 0.0972. The maximum Gasteiger partial charge on any atom is 0.296 e. The van der Waals surface area contributed by atoms with Crippen LogP contribution in [0.5, 0.6) is 5.75 Å². The van der Waals surface area contributed by atoms with Gasteiger partial charge in [0.1, 0.15) is 11.8 Å². The Hall–Kier alpha value is -3.42. The monoisotopic (exact) mass is 469 g/mol. The van der Waals surface area contributed by atoms with Gasteiger partial charge in [-0.25, -0.2) is 0 Å². The zero-order valence-corrected chi connectivity index (χ0v) is 18.3. The fourth-order valence-corrected chi connectivity index (χ4v) is 4.26. The third-order valence-electron chi connectivity index (χ3n) is 5.09. The molecule has 7 nitrogen and oxygen atoms in total. The Labute approximate surface area is 193 Å². The average molecular weight is 470 g/mol. The van der Waals surface area contributed by atoms with Crippen molar-refractivity contribution < 1.29 is 19.4 Å². The second-order valence-electron chi connectivity index (χ2n) is 7.01. The molecule has 3 aromatic rings. The van der Waals surface area contributed by atoms with Gasteiger partial charge in [0.25, 0.3) is 11.7 Å². The summed E-state index contributed by atoms with van der Waals surface area (Å²) in [6.45, 7) is 0.134. The van der Waals surface area contributed by atoms with Crippen LogP contribution in [-0.2, 0) is 16.1 Å². The van der Waals surface area contributed by atoms with Crippen LogP contribution in [0.3, 0.4) is 0 Å². The molecule has 1 amide bonds. The van der Waals surface area contributed by atoms with E-state index in [1.807, 2.05) is 0 Å². The molecule has 3 heterocycles. The number of amides is 1. The number of rotatable bonds is 5. The fraction of sp³-hybridized carbons (Fsp3) is 0.130. The molecule has 1 atom stereocenters. The average Bonchev–Trinajstić information content (AvgIpc) is 3.04. The van der Waals surface area contributed by atoms with Crippen molar-refractivity contribution in [2.75, 3.05) is 7.11 Å². The number of hydrogen-bond donors (Lipinski definition) is 1. The third-order valence-corrected chi connectivity index (χ3v) is 5.65. The van der Waals surface area contributed by atoms with E-state index in [0.29, 0.717) is 5.69 Å². The number of Topliss-reactive ketones (excluding diaryl/α,β-unsaturated/α-hetero) is 1. The van der Waals surface area contributed by atoms with E-state index in [1.54, 1.807) is 48.9 Å². The Morgan fingerprint density at radius 1 is 1.09 bits per heavy atom. The first kappa shape index (κ1) is 21.8. The number of methoxy groups -OCH3 is 1. The summed E-state index contributed by atoms with van der Waals surface area (Å²) < 4.78 is 5.14. The number of halogens is 2. The number of aliphatic hydroxyl groups excluding tert-OH is 1. The number of benzene rings is 1. The van der Waals surface area contributed by atoms with Crippen molar-refractivity contribution in [2.24, 2.45) is 0 Å². The number of aliphatic hydroxyl groups is 1. The van der Waals surface area contributed by atoms with Crippen molar-refractivity contribution in [1.29, 1.82) is 0 Å². The largest absolute Gasteiger partial charge is 0.507 e. The van der Waals surface area contributed by atoms with Crippen molar-refractivity contribution >= 4 is 40.7 Å². The topological polar surface area (TPSA) is 92.6 Å². The summed E-state index contributed by atoms with van der Waals surface area (Å²) in [4.78, 5) is 35.7. The zero-order valence-electron chi connectivity index (χ0n) is 16.8.